The molecule has 0 saturated carbocycles. The second kappa shape index (κ2) is 8.29. The molecule has 24 heavy (non-hydrogen) atoms. The Bertz CT molecular complexity index is 392. The molecular formula is C13H24O11. The molecule has 2 fully saturated rings. The minimum absolute atomic E-state index is 1.14. The van der Waals surface area contributed by atoms with Gasteiger partial charge in [0.15, 0.2) is 25.2 Å². The Labute approximate surface area is 138 Å². The first kappa shape index (κ1) is 19.9. The standard InChI is InChI=1S/C13H24O11/c1-19-10-6(16)4(14)7(17)12(23-10)22-9-5(15)8(18)11(20-2)24-13(9)21-3/h4-18H,1-3H3/t4-,5+,6?,7?,8?,9?,10-,11+,12?,13-/m0/s1. The van der Waals surface area contributed by atoms with Crippen LogP contribution in [0.1, 0.15) is 0 Å². The lowest BCUT2D eigenvalue weighted by Gasteiger charge is -2.45. The van der Waals surface area contributed by atoms with E-state index in [1.165, 1.54) is 21.3 Å². The first-order chi connectivity index (χ1) is 11.3. The zero-order valence-corrected chi connectivity index (χ0v) is 13.5. The highest BCUT2D eigenvalue weighted by Crippen LogP contribution is 2.29. The minimum atomic E-state index is -1.63. The molecule has 0 bridgehead atoms. The molecule has 0 radical (unpaired) electrons. The van der Waals surface area contributed by atoms with E-state index in [0.29, 0.717) is 0 Å². The number of rotatable bonds is 5. The van der Waals surface area contributed by atoms with Gasteiger partial charge in [0, 0.05) is 21.3 Å². The van der Waals surface area contributed by atoms with Crippen molar-refractivity contribution in [1.29, 1.82) is 0 Å². The molecule has 2 saturated heterocycles. The molecule has 5 N–H and O–H groups in total. The summed E-state index contributed by atoms with van der Waals surface area (Å²) in [7, 11) is 3.80. The molecule has 0 aromatic heterocycles. The number of hydrogen-bond acceptors (Lipinski definition) is 11. The zero-order valence-electron chi connectivity index (χ0n) is 13.5. The third-order valence-electron chi connectivity index (χ3n) is 4.02. The van der Waals surface area contributed by atoms with Crippen molar-refractivity contribution >= 4 is 0 Å². The van der Waals surface area contributed by atoms with E-state index >= 15 is 0 Å². The first-order valence-corrected chi connectivity index (χ1v) is 7.30. The second-order valence-electron chi connectivity index (χ2n) is 5.51. The van der Waals surface area contributed by atoms with Crippen molar-refractivity contribution in [3.05, 3.63) is 0 Å². The molecule has 142 valence electrons. The van der Waals surface area contributed by atoms with Crippen LogP contribution in [0.4, 0.5) is 0 Å². The third kappa shape index (κ3) is 3.71. The number of hydrogen-bond donors (Lipinski definition) is 5. The summed E-state index contributed by atoms with van der Waals surface area (Å²) in [4.78, 5) is 0. The molecule has 0 aliphatic carbocycles. The summed E-state index contributed by atoms with van der Waals surface area (Å²) in [5.41, 5.74) is 0. The fourth-order valence-corrected chi connectivity index (χ4v) is 2.62. The Morgan fingerprint density at radius 3 is 1.46 bits per heavy atom. The summed E-state index contributed by atoms with van der Waals surface area (Å²) in [6, 6.07) is 0. The van der Waals surface area contributed by atoms with Crippen molar-refractivity contribution in [2.24, 2.45) is 0 Å². The quantitative estimate of drug-likeness (QED) is 0.333. The summed E-state index contributed by atoms with van der Waals surface area (Å²) in [6.07, 6.45) is -13.9. The van der Waals surface area contributed by atoms with Gasteiger partial charge in [-0.15, -0.1) is 0 Å². The van der Waals surface area contributed by atoms with Crippen LogP contribution >= 0.6 is 0 Å². The fraction of sp³-hybridized carbons (Fsp3) is 1.00. The summed E-state index contributed by atoms with van der Waals surface area (Å²) in [5.74, 6) is 0. The van der Waals surface area contributed by atoms with Crippen molar-refractivity contribution in [2.75, 3.05) is 21.3 Å². The summed E-state index contributed by atoms with van der Waals surface area (Å²) in [5, 5.41) is 49.7. The van der Waals surface area contributed by atoms with E-state index in [0.717, 1.165) is 0 Å². The molecule has 10 atom stereocenters. The van der Waals surface area contributed by atoms with E-state index in [2.05, 4.69) is 0 Å². The molecule has 2 rings (SSSR count). The third-order valence-corrected chi connectivity index (χ3v) is 4.02. The maximum atomic E-state index is 10.2. The normalized spacial score (nSPS) is 50.0. The predicted molar refractivity (Wildman–Crippen MR) is 73.3 cm³/mol. The monoisotopic (exact) mass is 356 g/mol. The Balaban J connectivity index is 2.12. The van der Waals surface area contributed by atoms with Crippen LogP contribution in [0.2, 0.25) is 0 Å². The average molecular weight is 356 g/mol. The van der Waals surface area contributed by atoms with E-state index in [-0.39, 0.29) is 0 Å². The predicted octanol–water partition coefficient (Wildman–Crippen LogP) is -3.52. The van der Waals surface area contributed by atoms with Gasteiger partial charge in [-0.2, -0.15) is 0 Å². The topological polar surface area (TPSA) is 157 Å². The Hall–Kier alpha value is -0.440. The number of ether oxygens (including phenoxy) is 6. The average Bonchev–Trinajstić information content (AvgIpc) is 2.59. The maximum Gasteiger partial charge on any atom is 0.189 e. The van der Waals surface area contributed by atoms with E-state index in [1.54, 1.807) is 0 Å². The van der Waals surface area contributed by atoms with E-state index in [9.17, 15) is 25.5 Å². The van der Waals surface area contributed by atoms with Gasteiger partial charge in [-0.1, -0.05) is 0 Å². The summed E-state index contributed by atoms with van der Waals surface area (Å²) < 4.78 is 30.8. The fourth-order valence-electron chi connectivity index (χ4n) is 2.62. The van der Waals surface area contributed by atoms with Crippen LogP contribution in [0, 0.1) is 0 Å². The zero-order chi connectivity index (χ0) is 18.0. The molecule has 0 aromatic rings. The SMILES string of the molecule is CO[C@H]1OC(OC2[C@@H](OC)O[C@@H](OC)C(O)[C@H]2O)C(O)[C@@H](O)C1O. The van der Waals surface area contributed by atoms with Gasteiger partial charge in [0.05, 0.1) is 0 Å². The summed E-state index contributed by atoms with van der Waals surface area (Å²) >= 11 is 0. The number of aliphatic hydroxyl groups excluding tert-OH is 5. The van der Waals surface area contributed by atoms with Gasteiger partial charge in [0.25, 0.3) is 0 Å². The van der Waals surface area contributed by atoms with E-state index in [1.807, 2.05) is 0 Å². The second-order valence-corrected chi connectivity index (χ2v) is 5.51. The van der Waals surface area contributed by atoms with Gasteiger partial charge in [-0.25, -0.2) is 0 Å². The lowest BCUT2D eigenvalue weighted by Crippen LogP contribution is -2.64. The van der Waals surface area contributed by atoms with Crippen molar-refractivity contribution in [3.63, 3.8) is 0 Å². The highest BCUT2D eigenvalue weighted by atomic mass is 16.8. The molecule has 5 unspecified atom stereocenters. The Morgan fingerprint density at radius 2 is 0.958 bits per heavy atom. The molecule has 2 heterocycles. The van der Waals surface area contributed by atoms with Gasteiger partial charge >= 0.3 is 0 Å². The minimum Gasteiger partial charge on any atom is -0.387 e. The van der Waals surface area contributed by atoms with E-state index in [4.69, 9.17) is 28.4 Å². The highest BCUT2D eigenvalue weighted by molar-refractivity contribution is 4.90. The number of aliphatic hydroxyl groups is 5. The van der Waals surface area contributed by atoms with E-state index < -0.39 is 61.8 Å². The van der Waals surface area contributed by atoms with Crippen molar-refractivity contribution in [3.8, 4) is 0 Å². The molecule has 0 aromatic carbocycles. The smallest absolute Gasteiger partial charge is 0.189 e. The van der Waals surface area contributed by atoms with Crippen LogP contribution in [-0.2, 0) is 28.4 Å². The van der Waals surface area contributed by atoms with Gasteiger partial charge < -0.3 is 54.0 Å². The van der Waals surface area contributed by atoms with Crippen LogP contribution in [0.15, 0.2) is 0 Å². The Morgan fingerprint density at radius 1 is 0.542 bits per heavy atom. The molecular weight excluding hydrogens is 332 g/mol. The van der Waals surface area contributed by atoms with Crippen molar-refractivity contribution in [2.45, 2.75) is 61.8 Å². The van der Waals surface area contributed by atoms with Crippen LogP contribution in [0.3, 0.4) is 0 Å². The molecule has 0 spiro atoms. The maximum absolute atomic E-state index is 10.2. The Kier molecular flexibility index (Phi) is 6.87. The van der Waals surface area contributed by atoms with Crippen LogP contribution in [-0.4, -0.2) is 109 Å². The molecule has 0 amide bonds. The molecule has 2 aliphatic heterocycles. The largest absolute Gasteiger partial charge is 0.387 e. The van der Waals surface area contributed by atoms with Crippen LogP contribution < -0.4 is 0 Å². The first-order valence-electron chi connectivity index (χ1n) is 7.30. The molecule has 2 aliphatic rings. The van der Waals surface area contributed by atoms with Crippen molar-refractivity contribution in [1.82, 2.24) is 0 Å². The van der Waals surface area contributed by atoms with Gasteiger partial charge in [-0.3, -0.25) is 0 Å². The molecule has 11 nitrogen and oxygen atoms in total. The number of methoxy groups -OCH3 is 3. The summed E-state index contributed by atoms with van der Waals surface area (Å²) in [6.45, 7) is 0. The van der Waals surface area contributed by atoms with Crippen LogP contribution in [0.25, 0.3) is 0 Å². The molecule has 11 heteroatoms. The lowest BCUT2D eigenvalue weighted by molar-refractivity contribution is -0.398. The van der Waals surface area contributed by atoms with Crippen molar-refractivity contribution < 1.29 is 54.0 Å². The highest BCUT2D eigenvalue weighted by Gasteiger charge is 2.51. The van der Waals surface area contributed by atoms with Gasteiger partial charge in [-0.05, 0) is 0 Å². The van der Waals surface area contributed by atoms with Gasteiger partial charge in [0.1, 0.15) is 36.6 Å². The lowest BCUT2D eigenvalue weighted by atomic mass is 10.0. The van der Waals surface area contributed by atoms with Gasteiger partial charge in [0.2, 0.25) is 0 Å². The van der Waals surface area contributed by atoms with Crippen LogP contribution in [0.5, 0.6) is 0 Å².